The van der Waals surface area contributed by atoms with Gasteiger partial charge in [-0.25, -0.2) is 34.6 Å². The standard InChI is InChI=1S/C21H20N14O/c1-8-14(18-26-17-13-11(4-5-36-32-17)30-33(3)20(13)28-18)31-35-19(8)27-16(29-21(35)23)10-6-12-15(22)24-7-25-34(12)9(10)2/h6-7H,4-5H2,1-3H3,(H2,22,24,25)(H2,23,27,29)(H,26,28,32). The molecule has 0 aromatic carbocycles. The van der Waals surface area contributed by atoms with Crippen molar-refractivity contribution in [2.75, 3.05) is 23.6 Å². The van der Waals surface area contributed by atoms with Crippen LogP contribution in [0.25, 0.3) is 45.1 Å². The van der Waals surface area contributed by atoms with Crippen LogP contribution in [0.3, 0.4) is 0 Å². The zero-order chi connectivity index (χ0) is 24.7. The van der Waals surface area contributed by atoms with Gasteiger partial charge in [0.05, 0.1) is 23.4 Å². The maximum Gasteiger partial charge on any atom is 0.225 e. The molecule has 0 unspecified atom stereocenters. The number of fused-ring (bicyclic) bond motifs is 2. The Labute approximate surface area is 202 Å². The first-order valence-corrected chi connectivity index (χ1v) is 11.1. The van der Waals surface area contributed by atoms with Gasteiger partial charge in [-0.3, -0.25) is 4.84 Å². The van der Waals surface area contributed by atoms with Crippen molar-refractivity contribution in [3.8, 4) is 22.9 Å². The Kier molecular flexibility index (Phi) is 4.00. The minimum Gasteiger partial charge on any atom is -0.382 e. The Balaban J connectivity index is 1.43. The molecule has 0 amide bonds. The number of nitrogens with two attached hydrogens (primary N) is 2. The summed E-state index contributed by atoms with van der Waals surface area (Å²) in [6, 6.07) is 1.85. The van der Waals surface area contributed by atoms with E-state index in [0.29, 0.717) is 58.8 Å². The van der Waals surface area contributed by atoms with Crippen molar-refractivity contribution in [3.63, 3.8) is 0 Å². The summed E-state index contributed by atoms with van der Waals surface area (Å²) in [4.78, 5) is 28.3. The van der Waals surface area contributed by atoms with Crippen molar-refractivity contribution >= 4 is 39.8 Å². The lowest BCUT2D eigenvalue weighted by atomic mass is 10.2. The van der Waals surface area contributed by atoms with Crippen molar-refractivity contribution in [2.24, 2.45) is 7.05 Å². The van der Waals surface area contributed by atoms with Gasteiger partial charge >= 0.3 is 0 Å². The number of anilines is 3. The Hall–Kier alpha value is -4.92. The molecule has 0 fully saturated rings. The molecule has 0 spiro atoms. The van der Waals surface area contributed by atoms with E-state index in [2.05, 4.69) is 30.7 Å². The molecule has 6 aromatic rings. The van der Waals surface area contributed by atoms with Gasteiger partial charge < -0.3 is 11.5 Å². The van der Waals surface area contributed by atoms with Crippen molar-refractivity contribution in [1.82, 2.24) is 53.9 Å². The molecule has 0 atom stereocenters. The van der Waals surface area contributed by atoms with Gasteiger partial charge in [0.2, 0.25) is 5.95 Å². The first-order chi connectivity index (χ1) is 17.4. The normalized spacial score (nSPS) is 13.5. The predicted octanol–water partition coefficient (Wildman–Crippen LogP) is 0.859. The molecule has 180 valence electrons. The van der Waals surface area contributed by atoms with E-state index in [0.717, 1.165) is 27.9 Å². The van der Waals surface area contributed by atoms with Crippen LogP contribution in [0.4, 0.5) is 17.6 Å². The van der Waals surface area contributed by atoms with Gasteiger partial charge in [-0.1, -0.05) is 0 Å². The highest BCUT2D eigenvalue weighted by Crippen LogP contribution is 2.32. The quantitative estimate of drug-likeness (QED) is 0.314. The van der Waals surface area contributed by atoms with Crippen LogP contribution in [-0.2, 0) is 18.3 Å². The summed E-state index contributed by atoms with van der Waals surface area (Å²) in [5.74, 6) is 1.89. The fourth-order valence-corrected chi connectivity index (χ4v) is 4.60. The molecule has 7 rings (SSSR count). The third-order valence-electron chi connectivity index (χ3n) is 6.40. The molecule has 36 heavy (non-hydrogen) atoms. The summed E-state index contributed by atoms with van der Waals surface area (Å²) >= 11 is 0. The number of hydrogen-bond donors (Lipinski definition) is 3. The van der Waals surface area contributed by atoms with Crippen molar-refractivity contribution < 1.29 is 4.84 Å². The smallest absolute Gasteiger partial charge is 0.225 e. The van der Waals surface area contributed by atoms with Crippen molar-refractivity contribution in [3.05, 3.63) is 29.3 Å². The molecule has 0 radical (unpaired) electrons. The van der Waals surface area contributed by atoms with Gasteiger partial charge in [-0.05, 0) is 19.9 Å². The highest BCUT2D eigenvalue weighted by molar-refractivity contribution is 5.91. The number of rotatable bonds is 2. The number of nitrogens with one attached hydrogen (secondary N) is 1. The van der Waals surface area contributed by atoms with Gasteiger partial charge in [0.15, 0.2) is 34.6 Å². The Morgan fingerprint density at radius 2 is 1.83 bits per heavy atom. The van der Waals surface area contributed by atoms with E-state index in [9.17, 15) is 0 Å². The van der Waals surface area contributed by atoms with Crippen LogP contribution >= 0.6 is 0 Å². The molecular weight excluding hydrogens is 464 g/mol. The second-order valence-corrected chi connectivity index (χ2v) is 8.57. The van der Waals surface area contributed by atoms with Gasteiger partial charge in [0.25, 0.3) is 0 Å². The number of aromatic nitrogens is 11. The van der Waals surface area contributed by atoms with Gasteiger partial charge in [0, 0.05) is 24.6 Å². The third-order valence-corrected chi connectivity index (χ3v) is 6.40. The van der Waals surface area contributed by atoms with Gasteiger partial charge in [-0.2, -0.15) is 24.8 Å². The van der Waals surface area contributed by atoms with Crippen LogP contribution in [0.2, 0.25) is 0 Å². The molecule has 15 nitrogen and oxygen atoms in total. The number of nitrogen functional groups attached to an aromatic ring is 2. The lowest BCUT2D eigenvalue weighted by molar-refractivity contribution is 0.198. The zero-order valence-electron chi connectivity index (χ0n) is 19.6. The monoisotopic (exact) mass is 484 g/mol. The number of hydrogen-bond acceptors (Lipinski definition) is 12. The van der Waals surface area contributed by atoms with Crippen LogP contribution in [-0.4, -0.2) is 60.5 Å². The fraction of sp³-hybridized carbons (Fsp3) is 0.238. The summed E-state index contributed by atoms with van der Waals surface area (Å²) in [6.07, 6.45) is 2.07. The topological polar surface area (TPSA) is 190 Å². The first-order valence-electron chi connectivity index (χ1n) is 11.1. The molecule has 15 heteroatoms. The van der Waals surface area contributed by atoms with Gasteiger partial charge in [-0.15, -0.1) is 0 Å². The van der Waals surface area contributed by atoms with Crippen LogP contribution in [0.1, 0.15) is 17.0 Å². The van der Waals surface area contributed by atoms with E-state index in [-0.39, 0.29) is 5.95 Å². The molecule has 0 bridgehead atoms. The van der Waals surface area contributed by atoms with Crippen molar-refractivity contribution in [2.45, 2.75) is 20.3 Å². The first kappa shape index (κ1) is 20.5. The average Bonchev–Trinajstić information content (AvgIpc) is 3.43. The molecule has 0 saturated carbocycles. The number of nitrogens with zero attached hydrogens (tertiary/aromatic N) is 11. The lowest BCUT2D eigenvalue weighted by Gasteiger charge is -2.06. The van der Waals surface area contributed by atoms with E-state index in [1.165, 1.54) is 10.8 Å². The van der Waals surface area contributed by atoms with E-state index in [1.807, 2.05) is 27.0 Å². The summed E-state index contributed by atoms with van der Waals surface area (Å²) in [7, 11) is 1.85. The molecular formula is C21H20N14O. The largest absolute Gasteiger partial charge is 0.382 e. The Bertz CT molecular complexity index is 1860. The Morgan fingerprint density at radius 1 is 1.00 bits per heavy atom. The van der Waals surface area contributed by atoms with Gasteiger partial charge in [0.1, 0.15) is 17.5 Å². The molecule has 1 aliphatic heterocycles. The molecule has 5 N–H and O–H groups in total. The van der Waals surface area contributed by atoms with E-state index in [1.54, 1.807) is 9.20 Å². The van der Waals surface area contributed by atoms with E-state index < -0.39 is 0 Å². The minimum atomic E-state index is 0.168. The molecule has 1 aliphatic rings. The highest BCUT2D eigenvalue weighted by atomic mass is 16.6. The second-order valence-electron chi connectivity index (χ2n) is 8.57. The summed E-state index contributed by atoms with van der Waals surface area (Å²) < 4.78 is 4.92. The summed E-state index contributed by atoms with van der Waals surface area (Å²) in [5.41, 5.74) is 20.8. The fourth-order valence-electron chi connectivity index (χ4n) is 4.60. The zero-order valence-corrected chi connectivity index (χ0v) is 19.6. The van der Waals surface area contributed by atoms with Crippen LogP contribution < -0.4 is 16.9 Å². The lowest BCUT2D eigenvalue weighted by Crippen LogP contribution is -2.07. The van der Waals surface area contributed by atoms with E-state index in [4.69, 9.17) is 31.3 Å². The van der Waals surface area contributed by atoms with Crippen LogP contribution in [0, 0.1) is 13.8 Å². The average molecular weight is 484 g/mol. The predicted molar refractivity (Wildman–Crippen MR) is 130 cm³/mol. The third kappa shape index (κ3) is 2.70. The molecule has 7 heterocycles. The second kappa shape index (κ2) is 7.05. The summed E-state index contributed by atoms with van der Waals surface area (Å²) in [6.45, 7) is 4.28. The summed E-state index contributed by atoms with van der Waals surface area (Å²) in [5, 5.41) is 14.3. The number of aryl methyl sites for hydroxylation is 3. The maximum atomic E-state index is 6.34. The SMILES string of the molecule is Cc1c(-c2nc3c4c(nn(C)c4n2)CCON3)nn2c(N)nc(-c3cc4c(N)ncnn4c3C)nc12. The molecule has 6 aromatic heterocycles. The van der Waals surface area contributed by atoms with Crippen LogP contribution in [0.15, 0.2) is 12.4 Å². The molecule has 0 saturated heterocycles. The molecule has 0 aliphatic carbocycles. The van der Waals surface area contributed by atoms with E-state index >= 15 is 0 Å². The Morgan fingerprint density at radius 3 is 2.67 bits per heavy atom. The van der Waals surface area contributed by atoms with Crippen LogP contribution in [0.5, 0.6) is 0 Å². The maximum absolute atomic E-state index is 6.34. The minimum absolute atomic E-state index is 0.168. The highest BCUT2D eigenvalue weighted by Gasteiger charge is 2.24. The van der Waals surface area contributed by atoms with Crippen molar-refractivity contribution in [1.29, 1.82) is 0 Å².